The molecule has 3 N–H and O–H groups in total. The third-order valence-corrected chi connectivity index (χ3v) is 3.96. The van der Waals surface area contributed by atoms with Crippen LogP contribution >= 0.6 is 0 Å². The van der Waals surface area contributed by atoms with Crippen LogP contribution < -0.4 is 10.6 Å². The molecular formula is C15H19N3O5. The Morgan fingerprint density at radius 2 is 2.09 bits per heavy atom. The maximum atomic E-state index is 12.2. The Balaban J connectivity index is 2.25. The molecular weight excluding hydrogens is 302 g/mol. The molecule has 0 saturated heterocycles. The van der Waals surface area contributed by atoms with E-state index in [1.807, 2.05) is 0 Å². The number of carbonyl (C=O) groups excluding carboxylic acids is 1. The number of hydrogen-bond donors (Lipinski definition) is 3. The van der Waals surface area contributed by atoms with Crippen molar-refractivity contribution < 1.29 is 19.6 Å². The van der Waals surface area contributed by atoms with Gasteiger partial charge in [-0.3, -0.25) is 14.9 Å². The zero-order valence-electron chi connectivity index (χ0n) is 13.0. The monoisotopic (exact) mass is 321 g/mol. The summed E-state index contributed by atoms with van der Waals surface area (Å²) in [5, 5.41) is 25.8. The van der Waals surface area contributed by atoms with Crippen molar-refractivity contribution in [2.24, 2.45) is 0 Å². The largest absolute Gasteiger partial charge is 0.480 e. The summed E-state index contributed by atoms with van der Waals surface area (Å²) in [6, 6.07) is 4.34. The van der Waals surface area contributed by atoms with Crippen LogP contribution in [0.15, 0.2) is 18.2 Å². The summed E-state index contributed by atoms with van der Waals surface area (Å²) in [7, 11) is 0. The lowest BCUT2D eigenvalue weighted by Crippen LogP contribution is -2.51. The molecule has 0 spiro atoms. The molecule has 1 aromatic carbocycles. The number of amides is 1. The zero-order valence-corrected chi connectivity index (χ0v) is 13.0. The van der Waals surface area contributed by atoms with E-state index in [1.165, 1.54) is 19.1 Å². The summed E-state index contributed by atoms with van der Waals surface area (Å²) in [5.74, 6) is -1.81. The molecule has 23 heavy (non-hydrogen) atoms. The van der Waals surface area contributed by atoms with Gasteiger partial charge >= 0.3 is 5.97 Å². The minimum atomic E-state index is -1.42. The van der Waals surface area contributed by atoms with Gasteiger partial charge in [-0.05, 0) is 38.3 Å². The Kier molecular flexibility index (Phi) is 4.53. The molecule has 0 aliphatic heterocycles. The molecule has 1 aromatic rings. The first-order valence-electron chi connectivity index (χ1n) is 7.37. The number of nitrogens with zero attached hydrogens (tertiary/aromatic N) is 1. The molecule has 124 valence electrons. The quantitative estimate of drug-likeness (QED) is 0.522. The first kappa shape index (κ1) is 16.7. The molecule has 1 atom stereocenters. The minimum absolute atomic E-state index is 0.0546. The molecule has 1 aliphatic carbocycles. The molecule has 8 heteroatoms. The second kappa shape index (κ2) is 6.23. The predicted molar refractivity (Wildman–Crippen MR) is 83.5 cm³/mol. The van der Waals surface area contributed by atoms with Gasteiger partial charge in [-0.1, -0.05) is 6.92 Å². The van der Waals surface area contributed by atoms with E-state index in [9.17, 15) is 24.8 Å². The van der Waals surface area contributed by atoms with E-state index in [4.69, 9.17) is 0 Å². The Hall–Kier alpha value is -2.64. The van der Waals surface area contributed by atoms with Crippen LogP contribution in [-0.4, -0.2) is 33.5 Å². The van der Waals surface area contributed by atoms with Gasteiger partial charge in [-0.2, -0.15) is 0 Å². The third kappa shape index (κ3) is 3.77. The predicted octanol–water partition coefficient (Wildman–Crippen LogP) is 2.15. The normalized spacial score (nSPS) is 16.3. The number of nitro groups is 1. The van der Waals surface area contributed by atoms with Gasteiger partial charge in [0.25, 0.3) is 11.6 Å². The van der Waals surface area contributed by atoms with Gasteiger partial charge < -0.3 is 15.7 Å². The Bertz CT molecular complexity index is 657. The van der Waals surface area contributed by atoms with Gasteiger partial charge in [-0.15, -0.1) is 0 Å². The molecule has 0 aromatic heterocycles. The van der Waals surface area contributed by atoms with Crippen molar-refractivity contribution in [1.82, 2.24) is 5.32 Å². The molecule has 1 fully saturated rings. The number of aliphatic carboxylic acids is 1. The Morgan fingerprint density at radius 3 is 2.57 bits per heavy atom. The van der Waals surface area contributed by atoms with Crippen molar-refractivity contribution in [2.45, 2.75) is 44.7 Å². The number of anilines is 1. The fraction of sp³-hybridized carbons (Fsp3) is 0.467. The molecule has 8 nitrogen and oxygen atoms in total. The summed E-state index contributed by atoms with van der Waals surface area (Å²) in [5.41, 5.74) is -1.20. The lowest BCUT2D eigenvalue weighted by molar-refractivity contribution is -0.384. The molecule has 0 bridgehead atoms. The highest BCUT2D eigenvalue weighted by molar-refractivity contribution is 5.98. The van der Waals surface area contributed by atoms with Crippen molar-refractivity contribution in [3.63, 3.8) is 0 Å². The van der Waals surface area contributed by atoms with Crippen LogP contribution in [0.4, 0.5) is 11.4 Å². The standard InChI is InChI=1S/C15H19N3O5/c1-3-15(2,14(20)21)17-13(19)9-4-7-11(16-10-5-6-10)12(8-9)18(22)23/h4,7-8,10,16H,3,5-6H2,1-2H3,(H,17,19)(H,20,21). The van der Waals surface area contributed by atoms with E-state index < -0.39 is 22.3 Å². The van der Waals surface area contributed by atoms with Gasteiger partial charge in [0, 0.05) is 17.7 Å². The van der Waals surface area contributed by atoms with E-state index in [-0.39, 0.29) is 23.7 Å². The van der Waals surface area contributed by atoms with Gasteiger partial charge in [0.2, 0.25) is 0 Å². The van der Waals surface area contributed by atoms with Gasteiger partial charge in [0.05, 0.1) is 4.92 Å². The average Bonchev–Trinajstić information content (AvgIpc) is 3.30. The number of carboxylic acid groups (broad SMARTS) is 1. The molecule has 1 aliphatic rings. The summed E-state index contributed by atoms with van der Waals surface area (Å²) in [4.78, 5) is 34.1. The van der Waals surface area contributed by atoms with E-state index in [2.05, 4.69) is 10.6 Å². The van der Waals surface area contributed by atoms with E-state index in [0.717, 1.165) is 18.9 Å². The van der Waals surface area contributed by atoms with Gasteiger partial charge in [-0.25, -0.2) is 4.79 Å². The fourth-order valence-electron chi connectivity index (χ4n) is 2.01. The molecule has 1 saturated carbocycles. The Labute approximate surface area is 133 Å². The SMILES string of the molecule is CCC(C)(NC(=O)c1ccc(NC2CC2)c([N+](=O)[O-])c1)C(=O)O. The number of nitro benzene ring substituents is 1. The van der Waals surface area contributed by atoms with Crippen molar-refractivity contribution in [1.29, 1.82) is 0 Å². The smallest absolute Gasteiger partial charge is 0.329 e. The number of benzene rings is 1. The number of carboxylic acids is 1. The van der Waals surface area contributed by atoms with Crippen LogP contribution in [0.2, 0.25) is 0 Å². The van der Waals surface area contributed by atoms with Crippen LogP contribution in [0.3, 0.4) is 0 Å². The number of nitrogens with one attached hydrogen (secondary N) is 2. The fourth-order valence-corrected chi connectivity index (χ4v) is 2.01. The van der Waals surface area contributed by atoms with Crippen LogP contribution in [0.1, 0.15) is 43.5 Å². The minimum Gasteiger partial charge on any atom is -0.480 e. The number of carbonyl (C=O) groups is 2. The lowest BCUT2D eigenvalue weighted by Gasteiger charge is -2.24. The van der Waals surface area contributed by atoms with Crippen molar-refractivity contribution in [3.8, 4) is 0 Å². The molecule has 1 amide bonds. The lowest BCUT2D eigenvalue weighted by atomic mass is 9.98. The summed E-state index contributed by atoms with van der Waals surface area (Å²) < 4.78 is 0. The maximum absolute atomic E-state index is 12.2. The molecule has 0 radical (unpaired) electrons. The first-order chi connectivity index (χ1) is 10.8. The van der Waals surface area contributed by atoms with Gasteiger partial charge in [0.1, 0.15) is 11.2 Å². The van der Waals surface area contributed by atoms with E-state index in [1.54, 1.807) is 6.92 Å². The number of rotatable bonds is 7. The third-order valence-electron chi connectivity index (χ3n) is 3.96. The second-order valence-corrected chi connectivity index (χ2v) is 5.85. The molecule has 1 unspecified atom stereocenters. The summed E-state index contributed by atoms with van der Waals surface area (Å²) >= 11 is 0. The highest BCUT2D eigenvalue weighted by Crippen LogP contribution is 2.31. The summed E-state index contributed by atoms with van der Waals surface area (Å²) in [6.07, 6.45) is 2.12. The van der Waals surface area contributed by atoms with E-state index >= 15 is 0 Å². The van der Waals surface area contributed by atoms with Crippen LogP contribution in [0.5, 0.6) is 0 Å². The molecule has 0 heterocycles. The summed E-state index contributed by atoms with van der Waals surface area (Å²) in [6.45, 7) is 3.03. The van der Waals surface area contributed by atoms with Crippen LogP contribution in [0, 0.1) is 10.1 Å². The highest BCUT2D eigenvalue weighted by atomic mass is 16.6. The van der Waals surface area contributed by atoms with Gasteiger partial charge in [0.15, 0.2) is 0 Å². The maximum Gasteiger partial charge on any atom is 0.329 e. The Morgan fingerprint density at radius 1 is 1.43 bits per heavy atom. The average molecular weight is 321 g/mol. The van der Waals surface area contributed by atoms with Crippen molar-refractivity contribution in [2.75, 3.05) is 5.32 Å². The zero-order chi connectivity index (χ0) is 17.2. The highest BCUT2D eigenvalue weighted by Gasteiger charge is 2.33. The van der Waals surface area contributed by atoms with Crippen molar-refractivity contribution >= 4 is 23.3 Å². The van der Waals surface area contributed by atoms with Crippen LogP contribution in [-0.2, 0) is 4.79 Å². The topological polar surface area (TPSA) is 122 Å². The second-order valence-electron chi connectivity index (χ2n) is 5.85. The first-order valence-corrected chi connectivity index (χ1v) is 7.37. The van der Waals surface area contributed by atoms with Crippen molar-refractivity contribution in [3.05, 3.63) is 33.9 Å². The van der Waals surface area contributed by atoms with Crippen LogP contribution in [0.25, 0.3) is 0 Å². The molecule has 2 rings (SSSR count). The van der Waals surface area contributed by atoms with E-state index in [0.29, 0.717) is 5.69 Å². The number of hydrogen-bond acceptors (Lipinski definition) is 5.